The van der Waals surface area contributed by atoms with E-state index in [0.717, 1.165) is 25.0 Å². The van der Waals surface area contributed by atoms with Gasteiger partial charge in [0.05, 0.1) is 5.56 Å². The highest BCUT2D eigenvalue weighted by Gasteiger charge is 2.27. The van der Waals surface area contributed by atoms with E-state index in [1.54, 1.807) is 26.8 Å². The quantitative estimate of drug-likeness (QED) is 0.664. The van der Waals surface area contributed by atoms with E-state index in [1.807, 2.05) is 0 Å². The number of pyridine rings is 1. The van der Waals surface area contributed by atoms with Crippen molar-refractivity contribution in [2.75, 3.05) is 0 Å². The normalized spacial score (nSPS) is 21.9. The molecule has 3 atom stereocenters. The number of ether oxygens (including phenoxy) is 1. The van der Waals surface area contributed by atoms with E-state index in [0.29, 0.717) is 11.5 Å². The lowest BCUT2D eigenvalue weighted by Gasteiger charge is -2.30. The number of halogens is 1. The number of carbonyl (C=O) groups excluding carboxylic acids is 2. The molecule has 1 N–H and O–H groups in total. The zero-order chi connectivity index (χ0) is 17.9. The summed E-state index contributed by atoms with van der Waals surface area (Å²) >= 11 is 6.05. The fourth-order valence-corrected chi connectivity index (χ4v) is 3.50. The molecule has 0 saturated heterocycles. The minimum atomic E-state index is -0.872. The topological polar surface area (TPSA) is 68.3 Å². The van der Waals surface area contributed by atoms with E-state index >= 15 is 0 Å². The molecule has 0 aromatic carbocycles. The summed E-state index contributed by atoms with van der Waals surface area (Å²) in [7, 11) is 0. The van der Waals surface area contributed by atoms with Crippen molar-refractivity contribution in [1.82, 2.24) is 10.3 Å². The molecule has 1 heterocycles. The van der Waals surface area contributed by atoms with E-state index in [1.165, 1.54) is 6.42 Å². The Hall–Kier alpha value is -1.62. The van der Waals surface area contributed by atoms with E-state index in [-0.39, 0.29) is 22.7 Å². The van der Waals surface area contributed by atoms with Crippen molar-refractivity contribution in [3.63, 3.8) is 0 Å². The van der Waals surface area contributed by atoms with Crippen molar-refractivity contribution >= 4 is 23.5 Å². The number of esters is 1. The van der Waals surface area contributed by atoms with Gasteiger partial charge in [0.1, 0.15) is 5.15 Å². The molecule has 0 bridgehead atoms. The minimum absolute atomic E-state index is 0.103. The van der Waals surface area contributed by atoms with Crippen molar-refractivity contribution in [1.29, 1.82) is 0 Å². The van der Waals surface area contributed by atoms with E-state index in [4.69, 9.17) is 16.3 Å². The Kier molecular flexibility index (Phi) is 6.21. The van der Waals surface area contributed by atoms with Crippen molar-refractivity contribution in [2.24, 2.45) is 5.92 Å². The third kappa shape index (κ3) is 4.47. The maximum atomic E-state index is 12.3. The first-order valence-corrected chi connectivity index (χ1v) is 8.82. The van der Waals surface area contributed by atoms with Crippen LogP contribution in [0.3, 0.4) is 0 Å². The molecule has 0 aliphatic heterocycles. The Bertz CT molecular complexity index is 610. The van der Waals surface area contributed by atoms with Crippen LogP contribution in [0.5, 0.6) is 0 Å². The number of rotatable bonds is 4. The fourth-order valence-electron chi connectivity index (χ4n) is 3.14. The molecule has 0 unspecified atom stereocenters. The molecule has 0 spiro atoms. The third-order valence-electron chi connectivity index (χ3n) is 4.60. The van der Waals surface area contributed by atoms with Crippen LogP contribution in [-0.2, 0) is 9.53 Å². The first-order chi connectivity index (χ1) is 11.3. The zero-order valence-corrected chi connectivity index (χ0v) is 15.4. The molecule has 132 valence electrons. The first-order valence-electron chi connectivity index (χ1n) is 8.44. The lowest BCUT2D eigenvalue weighted by Crippen LogP contribution is -2.46. The Morgan fingerprint density at radius 3 is 2.62 bits per heavy atom. The smallest absolute Gasteiger partial charge is 0.342 e. The average Bonchev–Trinajstić information content (AvgIpc) is 2.48. The van der Waals surface area contributed by atoms with Gasteiger partial charge in [0, 0.05) is 11.7 Å². The molecule has 1 aliphatic rings. The highest BCUT2D eigenvalue weighted by Crippen LogP contribution is 2.24. The summed E-state index contributed by atoms with van der Waals surface area (Å²) in [6, 6.07) is 1.91. The van der Waals surface area contributed by atoms with Gasteiger partial charge in [-0.3, -0.25) is 4.79 Å². The summed E-state index contributed by atoms with van der Waals surface area (Å²) in [5.74, 6) is -0.441. The maximum Gasteiger partial charge on any atom is 0.342 e. The Balaban J connectivity index is 1.99. The maximum absolute atomic E-state index is 12.3. The van der Waals surface area contributed by atoms with Gasteiger partial charge >= 0.3 is 5.97 Å². The molecule has 24 heavy (non-hydrogen) atoms. The van der Waals surface area contributed by atoms with Gasteiger partial charge in [0.15, 0.2) is 6.10 Å². The van der Waals surface area contributed by atoms with Crippen LogP contribution < -0.4 is 5.32 Å². The number of hydrogen-bond donors (Lipinski definition) is 1. The predicted octanol–water partition coefficient (Wildman–Crippen LogP) is 3.59. The number of amides is 1. The van der Waals surface area contributed by atoms with Gasteiger partial charge < -0.3 is 10.1 Å². The number of aromatic nitrogens is 1. The summed E-state index contributed by atoms with van der Waals surface area (Å²) in [5, 5.41) is 3.10. The molecule has 6 heteroatoms. The van der Waals surface area contributed by atoms with E-state index in [9.17, 15) is 9.59 Å². The monoisotopic (exact) mass is 352 g/mol. The van der Waals surface area contributed by atoms with Gasteiger partial charge in [0.2, 0.25) is 0 Å². The number of nitrogens with zero attached hydrogens (tertiary/aromatic N) is 1. The Labute approximate surface area is 148 Å². The first kappa shape index (κ1) is 18.7. The van der Waals surface area contributed by atoms with E-state index in [2.05, 4.69) is 17.2 Å². The molecule has 5 nitrogen and oxygen atoms in total. The lowest BCUT2D eigenvalue weighted by molar-refractivity contribution is -0.130. The molecule has 1 aromatic rings. The van der Waals surface area contributed by atoms with Gasteiger partial charge in [-0.15, -0.1) is 0 Å². The number of aryl methyl sites for hydroxylation is 2. The summed E-state index contributed by atoms with van der Waals surface area (Å²) in [4.78, 5) is 28.7. The highest BCUT2D eigenvalue weighted by molar-refractivity contribution is 6.32. The summed E-state index contributed by atoms with van der Waals surface area (Å²) in [5.41, 5.74) is 1.63. The predicted molar refractivity (Wildman–Crippen MR) is 93.2 cm³/mol. The molecule has 0 radical (unpaired) electrons. The second-order valence-corrected chi connectivity index (χ2v) is 7.03. The molecule has 1 aromatic heterocycles. The summed E-state index contributed by atoms with van der Waals surface area (Å²) < 4.78 is 5.30. The number of carbonyl (C=O) groups is 2. The molecule has 1 saturated carbocycles. The van der Waals surface area contributed by atoms with Crippen molar-refractivity contribution in [3.05, 3.63) is 28.0 Å². The molecule has 2 rings (SSSR count). The van der Waals surface area contributed by atoms with Gasteiger partial charge in [-0.1, -0.05) is 31.4 Å². The van der Waals surface area contributed by atoms with Crippen LogP contribution in [0, 0.1) is 19.8 Å². The summed E-state index contributed by atoms with van der Waals surface area (Å²) in [6.45, 7) is 7.29. The van der Waals surface area contributed by atoms with Gasteiger partial charge in [-0.25, -0.2) is 9.78 Å². The average molecular weight is 353 g/mol. The largest absolute Gasteiger partial charge is 0.449 e. The molecule has 1 amide bonds. The van der Waals surface area contributed by atoms with Gasteiger partial charge in [-0.05, 0) is 51.2 Å². The van der Waals surface area contributed by atoms with Crippen LogP contribution in [0.4, 0.5) is 0 Å². The molecular formula is C18H25ClN2O3. The van der Waals surface area contributed by atoms with Crippen LogP contribution >= 0.6 is 11.6 Å². The molecule has 1 fully saturated rings. The van der Waals surface area contributed by atoms with Crippen LogP contribution in [0.2, 0.25) is 5.15 Å². The summed E-state index contributed by atoms with van der Waals surface area (Å²) in [6.07, 6.45) is 3.54. The number of nitrogens with one attached hydrogen (secondary N) is 1. The van der Waals surface area contributed by atoms with Crippen LogP contribution in [-0.4, -0.2) is 29.0 Å². The SMILES string of the molecule is Cc1cc(C)c(C(=O)O[C@H](C)C(=O)N[C@@H]2CCCC[C@@H]2C)c(Cl)n1. The number of hydrogen-bond acceptors (Lipinski definition) is 4. The van der Waals surface area contributed by atoms with E-state index < -0.39 is 12.1 Å². The van der Waals surface area contributed by atoms with Crippen LogP contribution in [0.15, 0.2) is 6.07 Å². The Morgan fingerprint density at radius 2 is 2.00 bits per heavy atom. The van der Waals surface area contributed by atoms with Crippen molar-refractivity contribution in [3.8, 4) is 0 Å². The van der Waals surface area contributed by atoms with Crippen molar-refractivity contribution < 1.29 is 14.3 Å². The van der Waals surface area contributed by atoms with Gasteiger partial charge in [0.25, 0.3) is 5.91 Å². The highest BCUT2D eigenvalue weighted by atomic mass is 35.5. The third-order valence-corrected chi connectivity index (χ3v) is 4.87. The lowest BCUT2D eigenvalue weighted by atomic mass is 9.86. The minimum Gasteiger partial charge on any atom is -0.449 e. The van der Waals surface area contributed by atoms with Crippen LogP contribution in [0.25, 0.3) is 0 Å². The standard InChI is InChI=1S/C18H25ClN2O3/c1-10-7-5-6-8-14(10)21-17(22)13(4)24-18(23)15-11(2)9-12(3)20-16(15)19/h9-10,13-14H,5-8H2,1-4H3,(H,21,22)/t10-,13+,14+/m0/s1. The zero-order valence-electron chi connectivity index (χ0n) is 14.7. The Morgan fingerprint density at radius 1 is 1.33 bits per heavy atom. The molecular weight excluding hydrogens is 328 g/mol. The van der Waals surface area contributed by atoms with Gasteiger partial charge in [-0.2, -0.15) is 0 Å². The molecule has 1 aliphatic carbocycles. The second kappa shape index (κ2) is 7.97. The second-order valence-electron chi connectivity index (χ2n) is 6.67. The van der Waals surface area contributed by atoms with Crippen molar-refractivity contribution in [2.45, 2.75) is 65.5 Å². The fraction of sp³-hybridized carbons (Fsp3) is 0.611. The van der Waals surface area contributed by atoms with Crippen LogP contribution in [0.1, 0.15) is 61.1 Å².